The highest BCUT2D eigenvalue weighted by Crippen LogP contribution is 2.23. The number of carbonyl (C=O) groups is 2. The SMILES string of the molecule is C[NH+](CC(=O)Nc1ccc(C(C)(C)C)cc1)CC(=O)Nc1ccccc1Cl. The molecule has 27 heavy (non-hydrogen) atoms. The molecule has 6 heteroatoms. The number of likely N-dealkylation sites (N-methyl/N-ethyl adjacent to an activating group) is 1. The van der Waals surface area contributed by atoms with Crippen molar-refractivity contribution in [3.8, 4) is 0 Å². The van der Waals surface area contributed by atoms with Crippen LogP contribution < -0.4 is 15.5 Å². The minimum absolute atomic E-state index is 0.0713. The van der Waals surface area contributed by atoms with E-state index in [0.717, 1.165) is 10.6 Å². The summed E-state index contributed by atoms with van der Waals surface area (Å²) in [5.41, 5.74) is 2.60. The van der Waals surface area contributed by atoms with Crippen LogP contribution in [0.3, 0.4) is 0 Å². The first kappa shape index (κ1) is 20.9. The average molecular weight is 389 g/mol. The van der Waals surface area contributed by atoms with Gasteiger partial charge >= 0.3 is 0 Å². The highest BCUT2D eigenvalue weighted by molar-refractivity contribution is 6.33. The van der Waals surface area contributed by atoms with E-state index < -0.39 is 0 Å². The fourth-order valence-corrected chi connectivity index (χ4v) is 2.81. The summed E-state index contributed by atoms with van der Waals surface area (Å²) in [7, 11) is 1.80. The van der Waals surface area contributed by atoms with Crippen molar-refractivity contribution in [3.05, 3.63) is 59.1 Å². The number of nitrogens with one attached hydrogen (secondary N) is 3. The van der Waals surface area contributed by atoms with Gasteiger partial charge in [-0.05, 0) is 35.2 Å². The van der Waals surface area contributed by atoms with E-state index in [-0.39, 0.29) is 30.3 Å². The Morgan fingerprint density at radius 3 is 2.04 bits per heavy atom. The van der Waals surface area contributed by atoms with E-state index in [2.05, 4.69) is 31.4 Å². The van der Waals surface area contributed by atoms with E-state index in [4.69, 9.17) is 11.6 Å². The van der Waals surface area contributed by atoms with E-state index in [1.807, 2.05) is 24.3 Å². The zero-order valence-corrected chi connectivity index (χ0v) is 17.0. The molecular weight excluding hydrogens is 362 g/mol. The quantitative estimate of drug-likeness (QED) is 0.712. The van der Waals surface area contributed by atoms with Gasteiger partial charge in [0.1, 0.15) is 0 Å². The number of carbonyl (C=O) groups excluding carboxylic acids is 2. The predicted molar refractivity (Wildman–Crippen MR) is 110 cm³/mol. The van der Waals surface area contributed by atoms with E-state index in [0.29, 0.717) is 10.7 Å². The monoisotopic (exact) mass is 388 g/mol. The Hall–Kier alpha value is -2.37. The lowest BCUT2D eigenvalue weighted by molar-refractivity contribution is -0.862. The van der Waals surface area contributed by atoms with Gasteiger partial charge in [-0.3, -0.25) is 9.59 Å². The van der Waals surface area contributed by atoms with Gasteiger partial charge in [0, 0.05) is 5.69 Å². The summed E-state index contributed by atoms with van der Waals surface area (Å²) in [6.45, 7) is 6.80. The summed E-state index contributed by atoms with van der Waals surface area (Å²) < 4.78 is 0. The molecule has 2 aromatic carbocycles. The lowest BCUT2D eigenvalue weighted by Gasteiger charge is -2.19. The third-order valence-corrected chi connectivity index (χ3v) is 4.44. The number of anilines is 2. The number of hydrogen-bond acceptors (Lipinski definition) is 2. The molecule has 2 aromatic rings. The summed E-state index contributed by atoms with van der Waals surface area (Å²) >= 11 is 6.03. The Balaban J connectivity index is 1.83. The third kappa shape index (κ3) is 6.70. The zero-order valence-electron chi connectivity index (χ0n) is 16.2. The van der Waals surface area contributed by atoms with Crippen LogP contribution in [-0.2, 0) is 15.0 Å². The first-order valence-corrected chi connectivity index (χ1v) is 9.29. The molecule has 0 bridgehead atoms. The summed E-state index contributed by atoms with van der Waals surface area (Å²) in [5.74, 6) is -0.329. The van der Waals surface area contributed by atoms with Crippen molar-refractivity contribution in [1.29, 1.82) is 0 Å². The Labute approximate surface area is 165 Å². The van der Waals surface area contributed by atoms with Crippen molar-refractivity contribution in [1.82, 2.24) is 0 Å². The fourth-order valence-electron chi connectivity index (χ4n) is 2.63. The maximum absolute atomic E-state index is 12.2. The van der Waals surface area contributed by atoms with Crippen molar-refractivity contribution in [2.24, 2.45) is 0 Å². The third-order valence-electron chi connectivity index (χ3n) is 4.11. The van der Waals surface area contributed by atoms with Gasteiger partial charge in [-0.25, -0.2) is 0 Å². The number of amides is 2. The standard InChI is InChI=1S/C21H26ClN3O2/c1-21(2,3)15-9-11-16(12-10-15)23-19(26)13-25(4)14-20(27)24-18-8-6-5-7-17(18)22/h5-12H,13-14H2,1-4H3,(H,23,26)(H,24,27)/p+1. The Morgan fingerprint density at radius 2 is 1.48 bits per heavy atom. The number of hydrogen-bond donors (Lipinski definition) is 3. The van der Waals surface area contributed by atoms with Crippen LogP contribution in [0.4, 0.5) is 11.4 Å². The highest BCUT2D eigenvalue weighted by Gasteiger charge is 2.16. The lowest BCUT2D eigenvalue weighted by atomic mass is 9.87. The van der Waals surface area contributed by atoms with Crippen molar-refractivity contribution in [2.45, 2.75) is 26.2 Å². The molecular formula is C21H27ClN3O2+. The smallest absolute Gasteiger partial charge is 0.279 e. The summed E-state index contributed by atoms with van der Waals surface area (Å²) in [6, 6.07) is 14.9. The van der Waals surface area contributed by atoms with Crippen molar-refractivity contribution in [2.75, 3.05) is 30.8 Å². The minimum atomic E-state index is -0.192. The number of benzene rings is 2. The van der Waals surface area contributed by atoms with Crippen LogP contribution in [0.25, 0.3) is 0 Å². The molecule has 0 saturated heterocycles. The Bertz CT molecular complexity index is 798. The van der Waals surface area contributed by atoms with Crippen LogP contribution >= 0.6 is 11.6 Å². The summed E-state index contributed by atoms with van der Waals surface area (Å²) in [4.78, 5) is 25.1. The second-order valence-corrected chi connectivity index (χ2v) is 8.12. The second-order valence-electron chi connectivity index (χ2n) is 7.71. The summed E-state index contributed by atoms with van der Waals surface area (Å²) in [6.07, 6.45) is 0. The second kappa shape index (κ2) is 9.02. The molecule has 0 aromatic heterocycles. The van der Waals surface area contributed by atoms with Crippen molar-refractivity contribution < 1.29 is 14.5 Å². The first-order valence-electron chi connectivity index (χ1n) is 8.91. The number of quaternary nitrogens is 1. The molecule has 1 atom stereocenters. The van der Waals surface area contributed by atoms with Gasteiger partial charge in [0.2, 0.25) is 0 Å². The molecule has 0 heterocycles. The molecule has 0 spiro atoms. The van der Waals surface area contributed by atoms with Crippen LogP contribution in [0, 0.1) is 0 Å². The predicted octanol–water partition coefficient (Wildman–Crippen LogP) is 2.73. The largest absolute Gasteiger partial charge is 0.322 e. The van der Waals surface area contributed by atoms with Crippen molar-refractivity contribution >= 4 is 34.8 Å². The molecule has 0 radical (unpaired) electrons. The van der Waals surface area contributed by atoms with Crippen LogP contribution in [0.15, 0.2) is 48.5 Å². The number of para-hydroxylation sites is 1. The molecule has 3 N–H and O–H groups in total. The van der Waals surface area contributed by atoms with Gasteiger partial charge in [0.05, 0.1) is 17.8 Å². The average Bonchev–Trinajstić information content (AvgIpc) is 2.56. The molecule has 2 amide bonds. The van der Waals surface area contributed by atoms with Gasteiger partial charge in [0.25, 0.3) is 11.8 Å². The molecule has 2 rings (SSSR count). The molecule has 144 valence electrons. The van der Waals surface area contributed by atoms with Crippen LogP contribution in [0.5, 0.6) is 0 Å². The van der Waals surface area contributed by atoms with E-state index >= 15 is 0 Å². The first-order chi connectivity index (χ1) is 12.6. The minimum Gasteiger partial charge on any atom is -0.322 e. The molecule has 0 saturated carbocycles. The normalized spacial score (nSPS) is 12.3. The molecule has 0 aliphatic carbocycles. The highest BCUT2D eigenvalue weighted by atomic mass is 35.5. The van der Waals surface area contributed by atoms with E-state index in [9.17, 15) is 9.59 Å². The van der Waals surface area contributed by atoms with Crippen molar-refractivity contribution in [3.63, 3.8) is 0 Å². The molecule has 5 nitrogen and oxygen atoms in total. The van der Waals surface area contributed by atoms with Crippen LogP contribution in [0.2, 0.25) is 5.02 Å². The maximum atomic E-state index is 12.2. The molecule has 0 aliphatic heterocycles. The van der Waals surface area contributed by atoms with Gasteiger partial charge in [-0.2, -0.15) is 0 Å². The van der Waals surface area contributed by atoms with Gasteiger partial charge < -0.3 is 15.5 Å². The van der Waals surface area contributed by atoms with Gasteiger partial charge in [0.15, 0.2) is 13.1 Å². The van der Waals surface area contributed by atoms with Gasteiger partial charge in [-0.1, -0.05) is 56.6 Å². The van der Waals surface area contributed by atoms with Gasteiger partial charge in [-0.15, -0.1) is 0 Å². The lowest BCUT2D eigenvalue weighted by Crippen LogP contribution is -3.11. The number of rotatable bonds is 6. The molecule has 0 fully saturated rings. The summed E-state index contributed by atoms with van der Waals surface area (Å²) in [5, 5.41) is 6.12. The number of halogens is 1. The molecule has 1 unspecified atom stereocenters. The van der Waals surface area contributed by atoms with E-state index in [1.165, 1.54) is 5.56 Å². The van der Waals surface area contributed by atoms with Crippen LogP contribution in [0.1, 0.15) is 26.3 Å². The molecule has 0 aliphatic rings. The van der Waals surface area contributed by atoms with Crippen LogP contribution in [-0.4, -0.2) is 32.0 Å². The maximum Gasteiger partial charge on any atom is 0.279 e. The fraction of sp³-hybridized carbons (Fsp3) is 0.333. The zero-order chi connectivity index (χ0) is 20.0. The van der Waals surface area contributed by atoms with E-state index in [1.54, 1.807) is 31.3 Å². The Kier molecular flexibility index (Phi) is 6.99. The topological polar surface area (TPSA) is 62.6 Å². The Morgan fingerprint density at radius 1 is 0.926 bits per heavy atom.